The largest absolute Gasteiger partial charge is 0.323 e. The minimum atomic E-state index is -0.352. The van der Waals surface area contributed by atoms with E-state index >= 15 is 0 Å². The maximum absolute atomic E-state index is 12.1. The van der Waals surface area contributed by atoms with Crippen LogP contribution in [0.2, 0.25) is 5.02 Å². The van der Waals surface area contributed by atoms with Crippen molar-refractivity contribution >= 4 is 29.0 Å². The number of anilines is 2. The molecular formula is C12H12ClN5O. The first-order valence-electron chi connectivity index (χ1n) is 5.46. The minimum Gasteiger partial charge on any atom is -0.323 e. The number of rotatable bonds is 3. The highest BCUT2D eigenvalue weighted by atomic mass is 35.5. The summed E-state index contributed by atoms with van der Waals surface area (Å²) in [6.07, 6.45) is 2.91. The van der Waals surface area contributed by atoms with Gasteiger partial charge in [0.25, 0.3) is 5.91 Å². The fraction of sp³-hybridized carbons (Fsp3) is 0.0833. The lowest BCUT2D eigenvalue weighted by Crippen LogP contribution is -2.18. The molecule has 0 bridgehead atoms. The first-order chi connectivity index (χ1) is 9.10. The van der Waals surface area contributed by atoms with Crippen LogP contribution in [-0.2, 0) is 0 Å². The molecule has 2 heterocycles. The summed E-state index contributed by atoms with van der Waals surface area (Å²) in [4.78, 5) is 20.1. The summed E-state index contributed by atoms with van der Waals surface area (Å²) >= 11 is 5.72. The first kappa shape index (κ1) is 13.3. The van der Waals surface area contributed by atoms with Gasteiger partial charge in [0.15, 0.2) is 0 Å². The second-order valence-electron chi connectivity index (χ2n) is 3.83. The maximum Gasteiger partial charge on any atom is 0.260 e. The van der Waals surface area contributed by atoms with Crippen LogP contribution in [0.3, 0.4) is 0 Å². The van der Waals surface area contributed by atoms with Gasteiger partial charge in [-0.25, -0.2) is 4.98 Å². The van der Waals surface area contributed by atoms with Crippen LogP contribution in [0.4, 0.5) is 11.5 Å². The number of amides is 1. The quantitative estimate of drug-likeness (QED) is 0.589. The van der Waals surface area contributed by atoms with Crippen LogP contribution in [0.5, 0.6) is 0 Å². The van der Waals surface area contributed by atoms with E-state index < -0.39 is 0 Å². The Balaban J connectivity index is 2.22. The minimum absolute atomic E-state index is 0.338. The molecule has 2 aromatic heterocycles. The van der Waals surface area contributed by atoms with Crippen molar-refractivity contribution in [2.45, 2.75) is 6.92 Å². The number of pyridine rings is 2. The van der Waals surface area contributed by atoms with Gasteiger partial charge in [0.05, 0.1) is 16.3 Å². The van der Waals surface area contributed by atoms with Crippen LogP contribution in [0.1, 0.15) is 16.1 Å². The highest BCUT2D eigenvalue weighted by Crippen LogP contribution is 2.16. The monoisotopic (exact) mass is 277 g/mol. The van der Waals surface area contributed by atoms with E-state index in [1.165, 1.54) is 12.4 Å². The number of halogens is 1. The van der Waals surface area contributed by atoms with Crippen molar-refractivity contribution in [3.63, 3.8) is 0 Å². The number of nitrogen functional groups attached to an aromatic ring is 1. The van der Waals surface area contributed by atoms with Gasteiger partial charge in [-0.15, -0.1) is 0 Å². The van der Waals surface area contributed by atoms with Crippen molar-refractivity contribution in [2.24, 2.45) is 5.84 Å². The molecule has 0 fully saturated rings. The molecule has 4 N–H and O–H groups in total. The van der Waals surface area contributed by atoms with Crippen LogP contribution < -0.4 is 16.6 Å². The lowest BCUT2D eigenvalue weighted by atomic mass is 10.2. The number of carbonyl (C=O) groups is 1. The maximum atomic E-state index is 12.1. The van der Waals surface area contributed by atoms with E-state index in [9.17, 15) is 4.79 Å². The zero-order chi connectivity index (χ0) is 13.8. The predicted molar refractivity (Wildman–Crippen MR) is 74.0 cm³/mol. The summed E-state index contributed by atoms with van der Waals surface area (Å²) in [5, 5.41) is 3.13. The molecule has 0 radical (unpaired) electrons. The topological polar surface area (TPSA) is 92.9 Å². The Kier molecular flexibility index (Phi) is 3.94. The Labute approximate surface area is 115 Å². The van der Waals surface area contributed by atoms with E-state index in [-0.39, 0.29) is 5.91 Å². The molecule has 0 saturated heterocycles. The summed E-state index contributed by atoms with van der Waals surface area (Å²) in [5.41, 5.74) is 4.07. The number of nitrogens with zero attached hydrogens (tertiary/aromatic N) is 2. The fourth-order valence-corrected chi connectivity index (χ4v) is 1.61. The molecule has 7 heteroatoms. The molecule has 0 aliphatic rings. The predicted octanol–water partition coefficient (Wildman–Crippen LogP) is 1.98. The van der Waals surface area contributed by atoms with Crippen molar-refractivity contribution < 1.29 is 4.79 Å². The molecule has 0 saturated carbocycles. The number of hydrogen-bond acceptors (Lipinski definition) is 5. The third kappa shape index (κ3) is 3.18. The summed E-state index contributed by atoms with van der Waals surface area (Å²) in [5.74, 6) is 5.43. The number of nitrogens with one attached hydrogen (secondary N) is 2. The van der Waals surface area contributed by atoms with E-state index in [0.717, 1.165) is 5.69 Å². The average molecular weight is 278 g/mol. The van der Waals surface area contributed by atoms with Crippen LogP contribution in [0.15, 0.2) is 30.6 Å². The van der Waals surface area contributed by atoms with E-state index in [1.54, 1.807) is 18.2 Å². The normalized spacial score (nSPS) is 10.1. The molecule has 6 nitrogen and oxygen atoms in total. The number of hydrazine groups is 1. The van der Waals surface area contributed by atoms with Gasteiger partial charge in [0.1, 0.15) is 5.82 Å². The van der Waals surface area contributed by atoms with Gasteiger partial charge in [-0.1, -0.05) is 11.6 Å². The molecule has 0 unspecified atom stereocenters. The van der Waals surface area contributed by atoms with E-state index in [1.807, 2.05) is 6.92 Å². The summed E-state index contributed by atoms with van der Waals surface area (Å²) in [7, 11) is 0. The van der Waals surface area contributed by atoms with Crippen molar-refractivity contribution in [1.82, 2.24) is 9.97 Å². The van der Waals surface area contributed by atoms with Crippen molar-refractivity contribution in [1.29, 1.82) is 0 Å². The van der Waals surface area contributed by atoms with Crippen LogP contribution in [0.25, 0.3) is 0 Å². The standard InChI is InChI=1S/C12H12ClN5O/c1-7-4-10(18-14)9(6-15-7)12(19)17-11-3-2-8(13)5-16-11/h2-6H,14H2,1H3,(H,15,18)(H,16,17,19). The van der Waals surface area contributed by atoms with Crippen LogP contribution in [0, 0.1) is 6.92 Å². The Bertz CT molecular complexity index is 600. The zero-order valence-corrected chi connectivity index (χ0v) is 10.9. The number of aromatic nitrogens is 2. The van der Waals surface area contributed by atoms with Gasteiger partial charge >= 0.3 is 0 Å². The lowest BCUT2D eigenvalue weighted by Gasteiger charge is -2.09. The number of nitrogens with two attached hydrogens (primary N) is 1. The Hall–Kier alpha value is -2.18. The van der Waals surface area contributed by atoms with Gasteiger partial charge in [-0.3, -0.25) is 15.6 Å². The number of aryl methyl sites for hydroxylation is 1. The Morgan fingerprint density at radius 3 is 2.74 bits per heavy atom. The van der Waals surface area contributed by atoms with Gasteiger partial charge in [0.2, 0.25) is 0 Å². The van der Waals surface area contributed by atoms with Gasteiger partial charge in [0, 0.05) is 18.1 Å². The molecule has 98 valence electrons. The highest BCUT2D eigenvalue weighted by Gasteiger charge is 2.12. The Morgan fingerprint density at radius 2 is 2.11 bits per heavy atom. The van der Waals surface area contributed by atoms with Crippen molar-refractivity contribution in [3.05, 3.63) is 46.9 Å². The Morgan fingerprint density at radius 1 is 1.32 bits per heavy atom. The van der Waals surface area contributed by atoms with Crippen LogP contribution >= 0.6 is 11.6 Å². The second-order valence-corrected chi connectivity index (χ2v) is 4.27. The summed E-state index contributed by atoms with van der Waals surface area (Å²) < 4.78 is 0. The fourth-order valence-electron chi connectivity index (χ4n) is 1.49. The van der Waals surface area contributed by atoms with Crippen molar-refractivity contribution in [3.8, 4) is 0 Å². The molecule has 1 amide bonds. The third-order valence-electron chi connectivity index (χ3n) is 2.41. The van der Waals surface area contributed by atoms with Gasteiger partial charge in [-0.05, 0) is 25.1 Å². The molecular weight excluding hydrogens is 266 g/mol. The van der Waals surface area contributed by atoms with E-state index in [4.69, 9.17) is 17.4 Å². The van der Waals surface area contributed by atoms with Gasteiger partial charge < -0.3 is 10.7 Å². The summed E-state index contributed by atoms with van der Waals surface area (Å²) in [6.45, 7) is 1.81. The molecule has 0 aromatic carbocycles. The number of hydrogen-bond donors (Lipinski definition) is 3. The lowest BCUT2D eigenvalue weighted by molar-refractivity contribution is 0.102. The molecule has 2 aromatic rings. The van der Waals surface area contributed by atoms with E-state index in [2.05, 4.69) is 20.7 Å². The molecule has 0 aliphatic carbocycles. The van der Waals surface area contributed by atoms with Crippen molar-refractivity contribution in [2.75, 3.05) is 10.7 Å². The van der Waals surface area contributed by atoms with E-state index in [0.29, 0.717) is 22.1 Å². The summed E-state index contributed by atoms with van der Waals surface area (Å²) in [6, 6.07) is 4.93. The molecule has 2 rings (SSSR count). The molecule has 0 aliphatic heterocycles. The first-order valence-corrected chi connectivity index (χ1v) is 5.84. The smallest absolute Gasteiger partial charge is 0.260 e. The second kappa shape index (κ2) is 5.64. The zero-order valence-electron chi connectivity index (χ0n) is 10.1. The van der Waals surface area contributed by atoms with Crippen LogP contribution in [-0.4, -0.2) is 15.9 Å². The molecule has 19 heavy (non-hydrogen) atoms. The van der Waals surface area contributed by atoms with Gasteiger partial charge in [-0.2, -0.15) is 0 Å². The number of carbonyl (C=O) groups excluding carboxylic acids is 1. The highest BCUT2D eigenvalue weighted by molar-refractivity contribution is 6.30. The molecule has 0 spiro atoms. The molecule has 0 atom stereocenters. The SMILES string of the molecule is Cc1cc(NN)c(C(=O)Nc2ccc(Cl)cn2)cn1. The third-order valence-corrected chi connectivity index (χ3v) is 2.63. The average Bonchev–Trinajstić information content (AvgIpc) is 2.41.